The first-order valence-corrected chi connectivity index (χ1v) is 30.2. The molecule has 77 heavy (non-hydrogen) atoms. The van der Waals surface area contributed by atoms with Crippen LogP contribution in [0, 0.1) is 0 Å². The smallest absolute Gasteiger partial charge is 0.335 e. The minimum Gasteiger partial charge on any atom is -0.479 e. The van der Waals surface area contributed by atoms with Crippen LogP contribution in [0.1, 0.15) is 239 Å². The molecule has 0 aromatic carbocycles. The van der Waals surface area contributed by atoms with Crippen molar-refractivity contribution >= 4 is 23.9 Å². The van der Waals surface area contributed by atoms with Crippen LogP contribution in [0.3, 0.4) is 0 Å². The first-order valence-electron chi connectivity index (χ1n) is 30.2. The zero-order valence-electron chi connectivity index (χ0n) is 48.2. The molecule has 0 amide bonds. The number of unbranched alkanes of at least 4 members (excludes halogenated alkanes) is 20. The number of hydrogen-bond acceptors (Lipinski definition) is 11. The van der Waals surface area contributed by atoms with Gasteiger partial charge in [0.1, 0.15) is 18.8 Å². The van der Waals surface area contributed by atoms with Gasteiger partial charge in [0.2, 0.25) is 0 Å². The Morgan fingerprint density at radius 3 is 1.27 bits per heavy atom. The molecule has 12 nitrogen and oxygen atoms in total. The quantitative estimate of drug-likeness (QED) is 0.0228. The van der Waals surface area contributed by atoms with E-state index in [1.807, 2.05) is 0 Å². The molecular formula is C65H106O12. The number of ether oxygens (including phenoxy) is 5. The summed E-state index contributed by atoms with van der Waals surface area (Å²) in [5, 5.41) is 31.5. The summed E-state index contributed by atoms with van der Waals surface area (Å²) in [5.74, 6) is -3.21. The zero-order chi connectivity index (χ0) is 56.1. The van der Waals surface area contributed by atoms with E-state index in [-0.39, 0.29) is 25.9 Å². The third kappa shape index (κ3) is 42.3. The van der Waals surface area contributed by atoms with E-state index < -0.39 is 67.3 Å². The van der Waals surface area contributed by atoms with Crippen molar-refractivity contribution in [3.05, 3.63) is 97.2 Å². The molecule has 1 aliphatic rings. The Labute approximate surface area is 466 Å². The molecule has 0 aliphatic carbocycles. The highest BCUT2D eigenvalue weighted by molar-refractivity contribution is 5.74. The number of hydrogen-bond donors (Lipinski definition) is 3. The highest BCUT2D eigenvalue weighted by atomic mass is 16.7. The number of esters is 3. The summed E-state index contributed by atoms with van der Waals surface area (Å²) < 4.78 is 28.4. The lowest BCUT2D eigenvalue weighted by molar-refractivity contribution is -0.301. The van der Waals surface area contributed by atoms with Gasteiger partial charge in [-0.2, -0.15) is 0 Å². The van der Waals surface area contributed by atoms with E-state index in [0.717, 1.165) is 116 Å². The van der Waals surface area contributed by atoms with Gasteiger partial charge in [0.15, 0.2) is 24.6 Å². The average Bonchev–Trinajstić information content (AvgIpc) is 3.43. The Hall–Kier alpha value is -4.36. The Balaban J connectivity index is 2.73. The molecular weight excluding hydrogens is 973 g/mol. The van der Waals surface area contributed by atoms with Crippen molar-refractivity contribution in [2.24, 2.45) is 0 Å². The zero-order valence-corrected chi connectivity index (χ0v) is 48.2. The Kier molecular flexibility index (Phi) is 48.0. The molecule has 0 radical (unpaired) electrons. The van der Waals surface area contributed by atoms with Crippen molar-refractivity contribution in [1.82, 2.24) is 0 Å². The van der Waals surface area contributed by atoms with Gasteiger partial charge in [-0.1, -0.05) is 195 Å². The maximum absolute atomic E-state index is 13.2. The summed E-state index contributed by atoms with van der Waals surface area (Å²) in [6.07, 6.45) is 56.6. The predicted molar refractivity (Wildman–Crippen MR) is 312 cm³/mol. The van der Waals surface area contributed by atoms with Gasteiger partial charge < -0.3 is 39.0 Å². The van der Waals surface area contributed by atoms with Crippen molar-refractivity contribution in [3.63, 3.8) is 0 Å². The molecule has 0 aromatic rings. The van der Waals surface area contributed by atoms with E-state index in [4.69, 9.17) is 23.7 Å². The van der Waals surface area contributed by atoms with E-state index in [2.05, 4.69) is 118 Å². The molecule has 1 heterocycles. The normalized spacial score (nSPS) is 18.7. The first kappa shape index (κ1) is 70.7. The van der Waals surface area contributed by atoms with Crippen LogP contribution < -0.4 is 0 Å². The first-order chi connectivity index (χ1) is 37.6. The number of allylic oxidation sites excluding steroid dienone is 16. The van der Waals surface area contributed by atoms with Crippen LogP contribution in [0.25, 0.3) is 0 Å². The number of rotatable bonds is 50. The molecule has 3 N–H and O–H groups in total. The fourth-order valence-electron chi connectivity index (χ4n) is 8.48. The molecule has 0 aromatic heterocycles. The van der Waals surface area contributed by atoms with Crippen LogP contribution >= 0.6 is 0 Å². The number of carboxylic acids is 1. The lowest BCUT2D eigenvalue weighted by atomic mass is 9.98. The maximum Gasteiger partial charge on any atom is 0.335 e. The van der Waals surface area contributed by atoms with Crippen LogP contribution in [0.15, 0.2) is 97.2 Å². The highest BCUT2D eigenvalue weighted by Crippen LogP contribution is 2.26. The maximum atomic E-state index is 13.2. The lowest BCUT2D eigenvalue weighted by Gasteiger charge is -2.40. The third-order valence-corrected chi connectivity index (χ3v) is 13.1. The number of aliphatic carboxylic acids is 1. The molecule has 6 atom stereocenters. The summed E-state index contributed by atoms with van der Waals surface area (Å²) in [7, 11) is 0. The van der Waals surface area contributed by atoms with E-state index >= 15 is 0 Å². The second-order valence-corrected chi connectivity index (χ2v) is 20.2. The molecule has 0 spiro atoms. The largest absolute Gasteiger partial charge is 0.479 e. The van der Waals surface area contributed by atoms with Crippen LogP contribution in [-0.2, 0) is 42.9 Å². The molecule has 0 saturated carbocycles. The third-order valence-electron chi connectivity index (χ3n) is 13.1. The summed E-state index contributed by atoms with van der Waals surface area (Å²) in [6, 6.07) is 0. The van der Waals surface area contributed by atoms with Crippen LogP contribution in [0.5, 0.6) is 0 Å². The molecule has 1 rings (SSSR count). The van der Waals surface area contributed by atoms with Gasteiger partial charge in [0, 0.05) is 19.3 Å². The van der Waals surface area contributed by atoms with E-state index in [1.165, 1.54) is 57.8 Å². The minimum absolute atomic E-state index is 0.00184. The summed E-state index contributed by atoms with van der Waals surface area (Å²) in [6.45, 7) is 5.79. The monoisotopic (exact) mass is 1080 g/mol. The van der Waals surface area contributed by atoms with Crippen LogP contribution in [0.4, 0.5) is 0 Å². The summed E-state index contributed by atoms with van der Waals surface area (Å²) in [5.41, 5.74) is 0. The van der Waals surface area contributed by atoms with E-state index in [1.54, 1.807) is 0 Å². The van der Waals surface area contributed by atoms with Gasteiger partial charge in [-0.15, -0.1) is 0 Å². The molecule has 438 valence electrons. The number of carboxylic acid groups (broad SMARTS) is 1. The van der Waals surface area contributed by atoms with Gasteiger partial charge in [-0.3, -0.25) is 14.4 Å². The molecule has 1 saturated heterocycles. The topological polar surface area (TPSA) is 175 Å². The molecule has 1 aliphatic heterocycles. The number of carbonyl (C=O) groups excluding carboxylic acids is 3. The standard InChI is InChI=1S/C65H106O12/c1-4-7-10-13-16-19-22-25-28-29-32-33-36-39-42-45-48-51-57(66)73-54-56(75-58(67)52-49-46-43-40-37-34-30-26-23-20-17-14-11-8-5-2)55-74-65-63(61(70)60(69)62(77-65)64(71)72)76-59(68)53-50-47-44-41-38-35-31-27-24-21-18-15-12-9-6-3/h9,12,16-21,25-28,30-31,38,41,56,60-63,65,69-70H,4-8,10-11,13-15,22-24,29,32-37,39-40,42-55H2,1-3H3,(H,71,72)/b12-9-,19-16-,20-17-,21-18-,28-25-,30-26-,31-27-,41-38-. The minimum atomic E-state index is -1.92. The van der Waals surface area contributed by atoms with Crippen LogP contribution in [-0.4, -0.2) is 89.2 Å². The molecule has 6 unspecified atom stereocenters. The van der Waals surface area contributed by atoms with Crippen LogP contribution in [0.2, 0.25) is 0 Å². The highest BCUT2D eigenvalue weighted by Gasteiger charge is 2.50. The summed E-state index contributed by atoms with van der Waals surface area (Å²) in [4.78, 5) is 51.2. The van der Waals surface area contributed by atoms with Gasteiger partial charge in [0.25, 0.3) is 0 Å². The molecule has 0 bridgehead atoms. The lowest BCUT2D eigenvalue weighted by Crippen LogP contribution is -2.61. The van der Waals surface area contributed by atoms with Gasteiger partial charge in [-0.25, -0.2) is 4.79 Å². The Bertz CT molecular complexity index is 1710. The molecule has 1 fully saturated rings. The number of aliphatic hydroxyl groups is 2. The van der Waals surface area contributed by atoms with Crippen molar-refractivity contribution in [1.29, 1.82) is 0 Å². The summed E-state index contributed by atoms with van der Waals surface area (Å²) >= 11 is 0. The second-order valence-electron chi connectivity index (χ2n) is 20.2. The fourth-order valence-corrected chi connectivity index (χ4v) is 8.48. The Morgan fingerprint density at radius 1 is 0.442 bits per heavy atom. The predicted octanol–water partition coefficient (Wildman–Crippen LogP) is 15.7. The molecule has 12 heteroatoms. The van der Waals surface area contributed by atoms with Gasteiger partial charge in [-0.05, 0) is 122 Å². The van der Waals surface area contributed by atoms with Crippen molar-refractivity contribution in [2.45, 2.75) is 276 Å². The van der Waals surface area contributed by atoms with Gasteiger partial charge >= 0.3 is 23.9 Å². The van der Waals surface area contributed by atoms with Crippen molar-refractivity contribution < 1.29 is 58.2 Å². The van der Waals surface area contributed by atoms with Crippen molar-refractivity contribution in [3.8, 4) is 0 Å². The van der Waals surface area contributed by atoms with E-state index in [0.29, 0.717) is 25.7 Å². The SMILES string of the molecule is CC/C=C\C/C=C\C/C=C\C/C=C\CCCCC(=O)OC1C(OCC(COC(=O)CCCCCCCCC/C=C\C/C=C\CCCCC)OC(=O)CCCCCCC/C=C\C/C=C\CCCCC)OC(C(=O)O)C(O)C1O. The van der Waals surface area contributed by atoms with E-state index in [9.17, 15) is 34.5 Å². The number of aliphatic hydroxyl groups excluding tert-OH is 2. The van der Waals surface area contributed by atoms with Gasteiger partial charge in [0.05, 0.1) is 6.61 Å². The second kappa shape index (κ2) is 52.3. The fraction of sp³-hybridized carbons (Fsp3) is 0.692. The Morgan fingerprint density at radius 2 is 0.818 bits per heavy atom. The average molecular weight is 1080 g/mol. The van der Waals surface area contributed by atoms with Crippen molar-refractivity contribution in [2.75, 3.05) is 13.2 Å². The number of carbonyl (C=O) groups is 4.